The van der Waals surface area contributed by atoms with Crippen molar-refractivity contribution >= 4 is 34.0 Å². The molecule has 0 aliphatic rings. The van der Waals surface area contributed by atoms with Crippen molar-refractivity contribution in [2.75, 3.05) is 5.32 Å². The number of nitrogens with zero attached hydrogens (tertiary/aromatic N) is 3. The van der Waals surface area contributed by atoms with Gasteiger partial charge in [-0.3, -0.25) is 0 Å². The molecule has 1 aromatic heterocycles. The molecule has 0 aliphatic carbocycles. The fourth-order valence-electron chi connectivity index (χ4n) is 2.12. The lowest BCUT2D eigenvalue weighted by Gasteiger charge is -2.15. The third kappa shape index (κ3) is 3.03. The van der Waals surface area contributed by atoms with Crippen LogP contribution in [0.1, 0.15) is 5.56 Å². The van der Waals surface area contributed by atoms with Gasteiger partial charge in [0.15, 0.2) is 17.5 Å². The number of nitrogens with one attached hydrogen (secondary N) is 1. The number of hydrogen-bond donors (Lipinski definition) is 1. The summed E-state index contributed by atoms with van der Waals surface area (Å²) in [5.41, 5.74) is 1.23. The topological polar surface area (TPSA) is 42.7 Å². The first kappa shape index (κ1) is 15.8. The second kappa shape index (κ2) is 6.19. The Bertz CT molecular complexity index is 866. The average Bonchev–Trinajstić information content (AvgIpc) is 3.04. The van der Waals surface area contributed by atoms with Crippen LogP contribution in [-0.2, 0) is 0 Å². The first-order valence-electron chi connectivity index (χ1n) is 6.54. The maximum atomic E-state index is 14.3. The van der Waals surface area contributed by atoms with Crippen molar-refractivity contribution in [2.24, 2.45) is 0 Å². The van der Waals surface area contributed by atoms with Crippen LogP contribution in [0.2, 0.25) is 0 Å². The van der Waals surface area contributed by atoms with Crippen LogP contribution in [0.3, 0.4) is 0 Å². The monoisotopic (exact) mass is 430 g/mol. The molecule has 0 spiro atoms. The van der Waals surface area contributed by atoms with Crippen LogP contribution in [0, 0.1) is 27.9 Å². The van der Waals surface area contributed by atoms with Gasteiger partial charge < -0.3 is 5.32 Å². The van der Waals surface area contributed by atoms with Crippen LogP contribution in [0.5, 0.6) is 0 Å². The molecule has 23 heavy (non-hydrogen) atoms. The van der Waals surface area contributed by atoms with E-state index < -0.39 is 17.5 Å². The molecule has 0 unspecified atom stereocenters. The molecule has 1 N–H and O–H groups in total. The van der Waals surface area contributed by atoms with Crippen molar-refractivity contribution in [3.05, 3.63) is 63.2 Å². The predicted octanol–water partition coefficient (Wildman–Crippen LogP) is 4.34. The van der Waals surface area contributed by atoms with Gasteiger partial charge in [-0.15, -0.1) is 5.10 Å². The number of aryl methyl sites for hydroxylation is 1. The number of anilines is 2. The standard InChI is InChI=1S/C15H10F3IN4/c1-8-6-9(19)2-3-11(8)21-15-12(23-5-4-20-22-23)7-10(16)13(17)14(15)18/h2-7,21H,1H3. The number of halogens is 4. The summed E-state index contributed by atoms with van der Waals surface area (Å²) in [5.74, 6) is -4.15. The lowest BCUT2D eigenvalue weighted by molar-refractivity contribution is 0.448. The highest BCUT2D eigenvalue weighted by Gasteiger charge is 2.21. The largest absolute Gasteiger partial charge is 0.351 e. The van der Waals surface area contributed by atoms with E-state index in [1.165, 1.54) is 12.4 Å². The predicted molar refractivity (Wildman–Crippen MR) is 88.4 cm³/mol. The van der Waals surface area contributed by atoms with Crippen LogP contribution < -0.4 is 5.32 Å². The van der Waals surface area contributed by atoms with E-state index in [4.69, 9.17) is 0 Å². The van der Waals surface area contributed by atoms with Crippen molar-refractivity contribution in [1.29, 1.82) is 0 Å². The van der Waals surface area contributed by atoms with Gasteiger partial charge >= 0.3 is 0 Å². The van der Waals surface area contributed by atoms with Crippen molar-refractivity contribution < 1.29 is 13.2 Å². The fourth-order valence-corrected chi connectivity index (χ4v) is 2.77. The minimum absolute atomic E-state index is 0.0249. The zero-order chi connectivity index (χ0) is 16.6. The van der Waals surface area contributed by atoms with E-state index in [0.717, 1.165) is 19.9 Å². The van der Waals surface area contributed by atoms with Crippen LogP contribution in [0.15, 0.2) is 36.7 Å². The first-order valence-corrected chi connectivity index (χ1v) is 7.62. The summed E-state index contributed by atoms with van der Waals surface area (Å²) in [4.78, 5) is 0. The Balaban J connectivity index is 2.15. The van der Waals surface area contributed by atoms with Crippen LogP contribution in [0.4, 0.5) is 24.5 Å². The highest BCUT2D eigenvalue weighted by atomic mass is 127. The summed E-state index contributed by atoms with van der Waals surface area (Å²) in [6.07, 6.45) is 2.77. The molecule has 0 fully saturated rings. The van der Waals surface area contributed by atoms with Gasteiger partial charge in [0, 0.05) is 15.3 Å². The summed E-state index contributed by atoms with van der Waals surface area (Å²) in [6.45, 7) is 1.83. The van der Waals surface area contributed by atoms with Crippen molar-refractivity contribution in [2.45, 2.75) is 6.92 Å². The number of aromatic nitrogens is 3. The third-order valence-electron chi connectivity index (χ3n) is 3.26. The molecule has 3 aromatic rings. The Morgan fingerprint density at radius 2 is 1.91 bits per heavy atom. The summed E-state index contributed by atoms with van der Waals surface area (Å²) < 4.78 is 43.7. The van der Waals surface area contributed by atoms with E-state index in [1.54, 1.807) is 6.07 Å². The lowest BCUT2D eigenvalue weighted by atomic mass is 10.1. The molecular formula is C15H10F3IN4. The molecule has 2 aromatic carbocycles. The number of benzene rings is 2. The molecule has 8 heteroatoms. The second-order valence-electron chi connectivity index (χ2n) is 4.81. The Labute approximate surface area is 143 Å². The molecule has 0 saturated carbocycles. The minimum atomic E-state index is -1.54. The number of rotatable bonds is 3. The molecule has 0 amide bonds. The molecule has 1 heterocycles. The van der Waals surface area contributed by atoms with E-state index in [1.807, 2.05) is 19.1 Å². The minimum Gasteiger partial charge on any atom is -0.351 e. The van der Waals surface area contributed by atoms with Gasteiger partial charge in [0.25, 0.3) is 0 Å². The molecule has 0 aliphatic heterocycles. The Kier molecular flexibility index (Phi) is 4.24. The smallest absolute Gasteiger partial charge is 0.196 e. The molecular weight excluding hydrogens is 420 g/mol. The molecule has 3 rings (SSSR count). The SMILES string of the molecule is Cc1cc(I)ccc1Nc1c(-n2ccnn2)cc(F)c(F)c1F. The Hall–Kier alpha value is -2.10. The number of hydrogen-bond acceptors (Lipinski definition) is 3. The molecule has 0 bridgehead atoms. The summed E-state index contributed by atoms with van der Waals surface area (Å²) >= 11 is 2.15. The van der Waals surface area contributed by atoms with E-state index >= 15 is 0 Å². The zero-order valence-electron chi connectivity index (χ0n) is 11.8. The van der Waals surface area contributed by atoms with Gasteiger partial charge in [-0.05, 0) is 53.3 Å². The molecule has 0 saturated heterocycles. The van der Waals surface area contributed by atoms with Gasteiger partial charge in [0.1, 0.15) is 5.69 Å². The van der Waals surface area contributed by atoms with Crippen LogP contribution in [0.25, 0.3) is 5.69 Å². The fraction of sp³-hybridized carbons (Fsp3) is 0.0667. The molecule has 118 valence electrons. The van der Waals surface area contributed by atoms with Crippen LogP contribution in [-0.4, -0.2) is 15.0 Å². The highest BCUT2D eigenvalue weighted by molar-refractivity contribution is 14.1. The van der Waals surface area contributed by atoms with Crippen molar-refractivity contribution in [1.82, 2.24) is 15.0 Å². The van der Waals surface area contributed by atoms with Crippen molar-refractivity contribution in [3.8, 4) is 5.69 Å². The summed E-state index contributed by atoms with van der Waals surface area (Å²) in [5, 5.41) is 10.1. The van der Waals surface area contributed by atoms with Crippen molar-refractivity contribution in [3.63, 3.8) is 0 Å². The van der Waals surface area contributed by atoms with E-state index in [0.29, 0.717) is 5.69 Å². The van der Waals surface area contributed by atoms with Gasteiger partial charge in [0.05, 0.1) is 18.1 Å². The maximum absolute atomic E-state index is 14.3. The van der Waals surface area contributed by atoms with Crippen LogP contribution >= 0.6 is 22.6 Å². The second-order valence-corrected chi connectivity index (χ2v) is 6.06. The Morgan fingerprint density at radius 1 is 1.13 bits per heavy atom. The van der Waals surface area contributed by atoms with Gasteiger partial charge in [-0.1, -0.05) is 5.21 Å². The third-order valence-corrected chi connectivity index (χ3v) is 3.93. The van der Waals surface area contributed by atoms with Gasteiger partial charge in [-0.25, -0.2) is 17.9 Å². The first-order chi connectivity index (χ1) is 11.0. The normalized spacial score (nSPS) is 10.8. The maximum Gasteiger partial charge on any atom is 0.196 e. The zero-order valence-corrected chi connectivity index (χ0v) is 14.0. The van der Waals surface area contributed by atoms with E-state index in [9.17, 15) is 13.2 Å². The Morgan fingerprint density at radius 3 is 2.57 bits per heavy atom. The summed E-state index contributed by atoms with van der Waals surface area (Å²) in [7, 11) is 0. The molecule has 0 atom stereocenters. The van der Waals surface area contributed by atoms with E-state index in [2.05, 4.69) is 38.2 Å². The lowest BCUT2D eigenvalue weighted by Crippen LogP contribution is -2.08. The van der Waals surface area contributed by atoms with Gasteiger partial charge in [-0.2, -0.15) is 0 Å². The van der Waals surface area contributed by atoms with E-state index in [-0.39, 0.29) is 11.4 Å². The average molecular weight is 430 g/mol. The highest BCUT2D eigenvalue weighted by Crippen LogP contribution is 2.31. The van der Waals surface area contributed by atoms with Gasteiger partial charge in [0.2, 0.25) is 0 Å². The molecule has 4 nitrogen and oxygen atoms in total. The quantitative estimate of drug-likeness (QED) is 0.497. The molecule has 0 radical (unpaired) electrons. The summed E-state index contributed by atoms with van der Waals surface area (Å²) in [6, 6.07) is 6.32.